The molecule has 2 aromatic carbocycles. The molecule has 0 aliphatic rings. The van der Waals surface area contributed by atoms with E-state index >= 15 is 0 Å². The minimum absolute atomic E-state index is 0.530. The lowest BCUT2D eigenvalue weighted by Gasteiger charge is -2.35. The lowest BCUT2D eigenvalue weighted by Crippen LogP contribution is -2.44. The summed E-state index contributed by atoms with van der Waals surface area (Å²) < 4.78 is 5.16. The van der Waals surface area contributed by atoms with Crippen LogP contribution in [-0.4, -0.2) is 13.7 Å². The lowest BCUT2D eigenvalue weighted by molar-refractivity contribution is 0.414. The Labute approximate surface area is 130 Å². The van der Waals surface area contributed by atoms with Gasteiger partial charge in [0.05, 0.1) is 7.11 Å². The van der Waals surface area contributed by atoms with Crippen LogP contribution >= 0.6 is 0 Å². The van der Waals surface area contributed by atoms with Crippen molar-refractivity contribution in [1.29, 1.82) is 10.5 Å². The van der Waals surface area contributed by atoms with Crippen LogP contribution in [0.25, 0.3) is 0 Å². The van der Waals surface area contributed by atoms with Gasteiger partial charge in [-0.25, -0.2) is 0 Å². The predicted molar refractivity (Wildman–Crippen MR) is 85.4 cm³/mol. The quantitative estimate of drug-likeness (QED) is 0.846. The fourth-order valence-corrected chi connectivity index (χ4v) is 2.49. The maximum atomic E-state index is 9.75. The summed E-state index contributed by atoms with van der Waals surface area (Å²) in [5, 5.41) is 19.5. The van der Waals surface area contributed by atoms with Crippen molar-refractivity contribution in [2.24, 2.45) is 0 Å². The van der Waals surface area contributed by atoms with Gasteiger partial charge >= 0.3 is 0 Å². The van der Waals surface area contributed by atoms with E-state index in [2.05, 4.69) is 12.1 Å². The number of rotatable bonds is 5. The van der Waals surface area contributed by atoms with Crippen LogP contribution in [0.4, 0.5) is 5.69 Å². The maximum Gasteiger partial charge on any atom is 0.240 e. The van der Waals surface area contributed by atoms with Gasteiger partial charge in [0, 0.05) is 17.8 Å². The van der Waals surface area contributed by atoms with Gasteiger partial charge in [-0.2, -0.15) is 10.5 Å². The molecule has 2 rings (SSSR count). The van der Waals surface area contributed by atoms with E-state index in [0.717, 1.165) is 11.4 Å². The largest absolute Gasteiger partial charge is 0.497 e. The van der Waals surface area contributed by atoms with Gasteiger partial charge in [-0.05, 0) is 31.2 Å². The molecule has 0 aromatic heterocycles. The van der Waals surface area contributed by atoms with Gasteiger partial charge in [0.2, 0.25) is 5.54 Å². The first-order valence-electron chi connectivity index (χ1n) is 7.01. The molecule has 0 bridgehead atoms. The maximum absolute atomic E-state index is 9.75. The topological polar surface area (TPSA) is 60.0 Å². The van der Waals surface area contributed by atoms with E-state index in [1.54, 1.807) is 24.1 Å². The Hall–Kier alpha value is -2.98. The third-order valence-electron chi connectivity index (χ3n) is 3.62. The Morgan fingerprint density at radius 1 is 1.00 bits per heavy atom. The van der Waals surface area contributed by atoms with Gasteiger partial charge in [-0.3, -0.25) is 0 Å². The number of anilines is 1. The van der Waals surface area contributed by atoms with Crippen molar-refractivity contribution in [2.45, 2.75) is 12.5 Å². The lowest BCUT2D eigenvalue weighted by atomic mass is 9.90. The Kier molecular flexibility index (Phi) is 4.66. The zero-order chi connectivity index (χ0) is 16.0. The van der Waals surface area contributed by atoms with Crippen molar-refractivity contribution in [3.05, 3.63) is 60.2 Å². The van der Waals surface area contributed by atoms with Crippen molar-refractivity contribution in [1.82, 2.24) is 0 Å². The number of nitriles is 2. The fraction of sp³-hybridized carbons (Fsp3) is 0.222. The zero-order valence-electron chi connectivity index (χ0n) is 12.7. The van der Waals surface area contributed by atoms with Crippen LogP contribution in [0.2, 0.25) is 0 Å². The van der Waals surface area contributed by atoms with Crippen molar-refractivity contribution in [2.75, 3.05) is 18.6 Å². The first kappa shape index (κ1) is 15.4. The van der Waals surface area contributed by atoms with Crippen molar-refractivity contribution < 1.29 is 4.74 Å². The SMILES string of the molecule is CCN(c1ccc(OC)cc1)C(C#N)(C#N)c1ccccc1. The summed E-state index contributed by atoms with van der Waals surface area (Å²) in [5.41, 5.74) is 0.109. The smallest absolute Gasteiger partial charge is 0.240 e. The highest BCUT2D eigenvalue weighted by molar-refractivity contribution is 5.59. The Bertz CT molecular complexity index is 682. The highest BCUT2D eigenvalue weighted by atomic mass is 16.5. The summed E-state index contributed by atoms with van der Waals surface area (Å²) >= 11 is 0. The van der Waals surface area contributed by atoms with Gasteiger partial charge in [-0.15, -0.1) is 0 Å². The molecule has 0 amide bonds. The van der Waals surface area contributed by atoms with E-state index in [-0.39, 0.29) is 0 Å². The first-order valence-corrected chi connectivity index (χ1v) is 7.01. The Morgan fingerprint density at radius 2 is 1.59 bits per heavy atom. The van der Waals surface area contributed by atoms with Gasteiger partial charge in [-0.1, -0.05) is 30.3 Å². The number of benzene rings is 2. The van der Waals surface area contributed by atoms with Crippen LogP contribution in [0.5, 0.6) is 5.75 Å². The molecule has 4 heteroatoms. The molecule has 0 saturated heterocycles. The molecule has 110 valence electrons. The van der Waals surface area contributed by atoms with E-state index in [0.29, 0.717) is 12.1 Å². The standard InChI is InChI=1S/C18H17N3O/c1-3-21(16-9-11-17(22-2)12-10-16)18(13-19,14-20)15-7-5-4-6-8-15/h4-12H,3H2,1-2H3. The third-order valence-corrected chi connectivity index (χ3v) is 3.62. The van der Waals surface area contributed by atoms with E-state index < -0.39 is 5.54 Å². The predicted octanol–water partition coefficient (Wildman–Crippen LogP) is 3.46. The van der Waals surface area contributed by atoms with Crippen molar-refractivity contribution in [3.8, 4) is 17.9 Å². The Balaban J connectivity index is 2.54. The van der Waals surface area contributed by atoms with Crippen LogP contribution in [0.1, 0.15) is 12.5 Å². The molecule has 2 aromatic rings. The molecule has 22 heavy (non-hydrogen) atoms. The highest BCUT2D eigenvalue weighted by Gasteiger charge is 2.39. The van der Waals surface area contributed by atoms with Crippen LogP contribution in [-0.2, 0) is 5.54 Å². The average Bonchev–Trinajstić information content (AvgIpc) is 2.61. The second kappa shape index (κ2) is 6.65. The van der Waals surface area contributed by atoms with Gasteiger partial charge in [0.25, 0.3) is 0 Å². The summed E-state index contributed by atoms with van der Waals surface area (Å²) in [6, 6.07) is 20.9. The molecule has 0 fully saturated rings. The molecule has 0 heterocycles. The van der Waals surface area contributed by atoms with E-state index in [4.69, 9.17) is 4.74 Å². The fourth-order valence-electron chi connectivity index (χ4n) is 2.49. The van der Waals surface area contributed by atoms with E-state index in [1.165, 1.54) is 0 Å². The number of hydrogen-bond donors (Lipinski definition) is 0. The molecule has 0 aliphatic heterocycles. The van der Waals surface area contributed by atoms with Gasteiger partial charge in [0.1, 0.15) is 17.9 Å². The number of ether oxygens (including phenoxy) is 1. The van der Waals surface area contributed by atoms with Crippen LogP contribution in [0.3, 0.4) is 0 Å². The van der Waals surface area contributed by atoms with Gasteiger partial charge < -0.3 is 9.64 Å². The molecule has 0 spiro atoms. The molecule has 0 aliphatic carbocycles. The first-order chi connectivity index (χ1) is 10.7. The minimum atomic E-state index is -1.36. The Morgan fingerprint density at radius 3 is 2.05 bits per heavy atom. The van der Waals surface area contributed by atoms with Crippen molar-refractivity contribution >= 4 is 5.69 Å². The van der Waals surface area contributed by atoms with Crippen LogP contribution < -0.4 is 9.64 Å². The molecule has 4 nitrogen and oxygen atoms in total. The zero-order valence-corrected chi connectivity index (χ0v) is 12.7. The minimum Gasteiger partial charge on any atom is -0.497 e. The molecule has 0 N–H and O–H groups in total. The summed E-state index contributed by atoms with van der Waals surface area (Å²) in [4.78, 5) is 1.79. The summed E-state index contributed by atoms with van der Waals surface area (Å²) in [6.07, 6.45) is 0. The normalized spacial score (nSPS) is 10.4. The number of methoxy groups -OCH3 is 1. The molecule has 0 saturated carbocycles. The van der Waals surface area contributed by atoms with Crippen molar-refractivity contribution in [3.63, 3.8) is 0 Å². The molecule has 0 radical (unpaired) electrons. The molecule has 0 atom stereocenters. The second-order valence-electron chi connectivity index (χ2n) is 4.74. The van der Waals surface area contributed by atoms with E-state index in [1.807, 2.05) is 49.4 Å². The summed E-state index contributed by atoms with van der Waals surface area (Å²) in [7, 11) is 1.60. The molecular formula is C18H17N3O. The summed E-state index contributed by atoms with van der Waals surface area (Å²) in [5.74, 6) is 0.735. The highest BCUT2D eigenvalue weighted by Crippen LogP contribution is 2.33. The van der Waals surface area contributed by atoms with Crippen LogP contribution in [0, 0.1) is 22.7 Å². The van der Waals surface area contributed by atoms with Crippen LogP contribution in [0.15, 0.2) is 54.6 Å². The number of nitrogens with zero attached hydrogens (tertiary/aromatic N) is 3. The summed E-state index contributed by atoms with van der Waals surface area (Å²) in [6.45, 7) is 2.46. The molecular weight excluding hydrogens is 274 g/mol. The monoisotopic (exact) mass is 291 g/mol. The third kappa shape index (κ3) is 2.60. The average molecular weight is 291 g/mol. The van der Waals surface area contributed by atoms with E-state index in [9.17, 15) is 10.5 Å². The molecule has 0 unspecified atom stereocenters. The number of hydrogen-bond acceptors (Lipinski definition) is 4. The second-order valence-corrected chi connectivity index (χ2v) is 4.74. The van der Waals surface area contributed by atoms with Gasteiger partial charge in [0.15, 0.2) is 0 Å².